The molecule has 0 amide bonds. The second kappa shape index (κ2) is 6.74. The minimum Gasteiger partial charge on any atom is -0.497 e. The van der Waals surface area contributed by atoms with E-state index in [0.29, 0.717) is 11.5 Å². The fourth-order valence-electron chi connectivity index (χ4n) is 1.74. The van der Waals surface area contributed by atoms with Crippen LogP contribution in [0.15, 0.2) is 42.5 Å². The Balaban J connectivity index is 2.00. The summed E-state index contributed by atoms with van der Waals surface area (Å²) in [5.74, 6) is -0.328. The molecular formula is C16H15FO4. The van der Waals surface area contributed by atoms with Gasteiger partial charge in [0, 0.05) is 6.07 Å². The van der Waals surface area contributed by atoms with Crippen molar-refractivity contribution in [3.63, 3.8) is 0 Å². The molecule has 110 valence electrons. The molecule has 5 heteroatoms. The molecule has 0 fully saturated rings. The quantitative estimate of drug-likeness (QED) is 0.793. The molecule has 21 heavy (non-hydrogen) atoms. The second-order valence-corrected chi connectivity index (χ2v) is 4.27. The van der Waals surface area contributed by atoms with Crippen LogP contribution in [0.5, 0.6) is 11.5 Å². The Morgan fingerprint density at radius 2 is 1.62 bits per heavy atom. The van der Waals surface area contributed by atoms with E-state index in [4.69, 9.17) is 14.2 Å². The van der Waals surface area contributed by atoms with Gasteiger partial charge in [0.15, 0.2) is 0 Å². The average molecular weight is 290 g/mol. The van der Waals surface area contributed by atoms with Gasteiger partial charge in [0.05, 0.1) is 19.8 Å². The molecule has 0 saturated heterocycles. The largest absolute Gasteiger partial charge is 0.497 e. The third-order valence-electron chi connectivity index (χ3n) is 2.93. The molecule has 0 aliphatic heterocycles. The molecule has 0 bridgehead atoms. The van der Waals surface area contributed by atoms with E-state index in [-0.39, 0.29) is 12.2 Å². The summed E-state index contributed by atoms with van der Waals surface area (Å²) < 4.78 is 28.7. The molecule has 0 atom stereocenters. The monoisotopic (exact) mass is 290 g/mol. The first-order valence-corrected chi connectivity index (χ1v) is 6.27. The van der Waals surface area contributed by atoms with Crippen molar-refractivity contribution in [2.24, 2.45) is 0 Å². The van der Waals surface area contributed by atoms with Crippen LogP contribution in [0.1, 0.15) is 15.9 Å². The van der Waals surface area contributed by atoms with Crippen molar-refractivity contribution in [3.05, 3.63) is 59.4 Å². The Morgan fingerprint density at radius 1 is 1.00 bits per heavy atom. The van der Waals surface area contributed by atoms with E-state index in [2.05, 4.69) is 0 Å². The lowest BCUT2D eigenvalue weighted by Crippen LogP contribution is -2.07. The number of ether oxygens (including phenoxy) is 3. The van der Waals surface area contributed by atoms with Gasteiger partial charge in [-0.05, 0) is 29.8 Å². The average Bonchev–Trinajstić information content (AvgIpc) is 2.52. The van der Waals surface area contributed by atoms with Crippen LogP contribution in [0.4, 0.5) is 4.39 Å². The zero-order chi connectivity index (χ0) is 15.2. The molecule has 4 nitrogen and oxygen atoms in total. The van der Waals surface area contributed by atoms with Crippen molar-refractivity contribution in [3.8, 4) is 11.5 Å². The number of carbonyl (C=O) groups excluding carboxylic acids is 1. The van der Waals surface area contributed by atoms with Gasteiger partial charge in [-0.15, -0.1) is 0 Å². The minimum absolute atomic E-state index is 0.0638. The Morgan fingerprint density at radius 3 is 2.19 bits per heavy atom. The van der Waals surface area contributed by atoms with Crippen LogP contribution in [0.25, 0.3) is 0 Å². The molecular weight excluding hydrogens is 275 g/mol. The van der Waals surface area contributed by atoms with E-state index in [1.165, 1.54) is 19.2 Å². The number of hydrogen-bond donors (Lipinski definition) is 0. The SMILES string of the molecule is COc1ccc(COC(=O)c2ccc(OC)cc2F)cc1. The van der Waals surface area contributed by atoms with Crippen molar-refractivity contribution in [2.75, 3.05) is 14.2 Å². The zero-order valence-corrected chi connectivity index (χ0v) is 11.8. The summed E-state index contributed by atoms with van der Waals surface area (Å²) in [5.41, 5.74) is 0.669. The van der Waals surface area contributed by atoms with Gasteiger partial charge in [-0.2, -0.15) is 0 Å². The van der Waals surface area contributed by atoms with Gasteiger partial charge < -0.3 is 14.2 Å². The molecule has 2 rings (SSSR count). The van der Waals surface area contributed by atoms with Crippen LogP contribution in [0.2, 0.25) is 0 Å². The third-order valence-corrected chi connectivity index (χ3v) is 2.93. The second-order valence-electron chi connectivity index (χ2n) is 4.27. The lowest BCUT2D eigenvalue weighted by atomic mass is 10.2. The fourth-order valence-corrected chi connectivity index (χ4v) is 1.74. The molecule has 0 heterocycles. The van der Waals surface area contributed by atoms with Gasteiger partial charge in [-0.25, -0.2) is 9.18 Å². The zero-order valence-electron chi connectivity index (χ0n) is 11.8. The van der Waals surface area contributed by atoms with Crippen molar-refractivity contribution >= 4 is 5.97 Å². The maximum atomic E-state index is 13.7. The molecule has 2 aromatic rings. The van der Waals surface area contributed by atoms with Gasteiger partial charge in [0.25, 0.3) is 0 Å². The first kappa shape index (κ1) is 14.8. The normalized spacial score (nSPS) is 10.0. The minimum atomic E-state index is -0.717. The lowest BCUT2D eigenvalue weighted by Gasteiger charge is -2.07. The molecule has 0 aliphatic carbocycles. The Hall–Kier alpha value is -2.56. The van der Waals surface area contributed by atoms with Gasteiger partial charge in [-0.1, -0.05) is 12.1 Å². The number of benzene rings is 2. The van der Waals surface area contributed by atoms with E-state index in [1.807, 2.05) is 0 Å². The highest BCUT2D eigenvalue weighted by Crippen LogP contribution is 2.18. The molecule has 0 unspecified atom stereocenters. The van der Waals surface area contributed by atoms with Crippen LogP contribution in [0.3, 0.4) is 0 Å². The van der Waals surface area contributed by atoms with Gasteiger partial charge >= 0.3 is 5.97 Å². The number of methoxy groups -OCH3 is 2. The maximum Gasteiger partial charge on any atom is 0.341 e. The Labute approximate surface area is 122 Å². The summed E-state index contributed by atoms with van der Waals surface area (Å²) in [7, 11) is 3.00. The summed E-state index contributed by atoms with van der Waals surface area (Å²) in [6.45, 7) is 0.0638. The molecule has 0 N–H and O–H groups in total. The van der Waals surface area contributed by atoms with E-state index in [9.17, 15) is 9.18 Å². The van der Waals surface area contributed by atoms with Crippen LogP contribution in [-0.4, -0.2) is 20.2 Å². The smallest absolute Gasteiger partial charge is 0.341 e. The number of esters is 1. The van der Waals surface area contributed by atoms with Gasteiger partial charge in [0.1, 0.15) is 23.9 Å². The number of halogens is 1. The van der Waals surface area contributed by atoms with Crippen molar-refractivity contribution < 1.29 is 23.4 Å². The molecule has 0 aliphatic rings. The topological polar surface area (TPSA) is 44.8 Å². The van der Waals surface area contributed by atoms with E-state index in [0.717, 1.165) is 11.6 Å². The number of hydrogen-bond acceptors (Lipinski definition) is 4. The Kier molecular flexibility index (Phi) is 4.77. The first-order chi connectivity index (χ1) is 10.1. The number of rotatable bonds is 5. The lowest BCUT2D eigenvalue weighted by molar-refractivity contribution is 0.0467. The van der Waals surface area contributed by atoms with Crippen LogP contribution < -0.4 is 9.47 Å². The van der Waals surface area contributed by atoms with Crippen LogP contribution in [-0.2, 0) is 11.3 Å². The maximum absolute atomic E-state index is 13.7. The van der Waals surface area contributed by atoms with Crippen LogP contribution >= 0.6 is 0 Å². The number of carbonyl (C=O) groups is 1. The van der Waals surface area contributed by atoms with E-state index >= 15 is 0 Å². The molecule has 2 aromatic carbocycles. The summed E-state index contributed by atoms with van der Waals surface area (Å²) in [6, 6.07) is 11.1. The molecule has 0 saturated carbocycles. The van der Waals surface area contributed by atoms with Crippen molar-refractivity contribution in [1.82, 2.24) is 0 Å². The highest BCUT2D eigenvalue weighted by molar-refractivity contribution is 5.89. The highest BCUT2D eigenvalue weighted by atomic mass is 19.1. The van der Waals surface area contributed by atoms with E-state index < -0.39 is 11.8 Å². The van der Waals surface area contributed by atoms with Crippen molar-refractivity contribution in [1.29, 1.82) is 0 Å². The first-order valence-electron chi connectivity index (χ1n) is 6.27. The molecule has 0 spiro atoms. The van der Waals surface area contributed by atoms with E-state index in [1.54, 1.807) is 31.4 Å². The van der Waals surface area contributed by atoms with Gasteiger partial charge in [-0.3, -0.25) is 0 Å². The highest BCUT2D eigenvalue weighted by Gasteiger charge is 2.14. The Bertz CT molecular complexity index is 623. The summed E-state index contributed by atoms with van der Waals surface area (Å²) in [5, 5.41) is 0. The standard InChI is InChI=1S/C16H15FO4/c1-19-12-5-3-11(4-6-12)10-21-16(18)14-8-7-13(20-2)9-15(14)17/h3-9H,10H2,1-2H3. The van der Waals surface area contributed by atoms with Gasteiger partial charge in [0.2, 0.25) is 0 Å². The van der Waals surface area contributed by atoms with Crippen molar-refractivity contribution in [2.45, 2.75) is 6.61 Å². The fraction of sp³-hybridized carbons (Fsp3) is 0.188. The predicted molar refractivity (Wildman–Crippen MR) is 75.1 cm³/mol. The predicted octanol–water partition coefficient (Wildman–Crippen LogP) is 3.20. The van der Waals surface area contributed by atoms with Crippen LogP contribution in [0, 0.1) is 5.82 Å². The molecule has 0 aromatic heterocycles. The molecule has 0 radical (unpaired) electrons. The third kappa shape index (κ3) is 3.72. The summed E-state index contributed by atoms with van der Waals surface area (Å²) in [4.78, 5) is 11.8. The summed E-state index contributed by atoms with van der Waals surface area (Å²) >= 11 is 0. The summed E-state index contributed by atoms with van der Waals surface area (Å²) in [6.07, 6.45) is 0.